The van der Waals surface area contributed by atoms with Gasteiger partial charge in [-0.2, -0.15) is 0 Å². The van der Waals surface area contributed by atoms with Crippen molar-refractivity contribution in [1.82, 2.24) is 10.2 Å². The van der Waals surface area contributed by atoms with Gasteiger partial charge in [0.2, 0.25) is 0 Å². The molecule has 0 saturated carbocycles. The van der Waals surface area contributed by atoms with E-state index in [9.17, 15) is 4.79 Å². The Labute approximate surface area is 91.6 Å². The van der Waals surface area contributed by atoms with Crippen molar-refractivity contribution in [1.29, 1.82) is 0 Å². The van der Waals surface area contributed by atoms with Crippen molar-refractivity contribution in [2.45, 2.75) is 32.6 Å². The van der Waals surface area contributed by atoms with E-state index in [-0.39, 0.29) is 12.6 Å². The predicted molar refractivity (Wildman–Crippen MR) is 59.7 cm³/mol. The monoisotopic (exact) mass is 214 g/mol. The Bertz CT molecular complexity index is 189. The fraction of sp³-hybridized carbons (Fsp3) is 0.909. The van der Waals surface area contributed by atoms with E-state index >= 15 is 0 Å². The van der Waals surface area contributed by atoms with Gasteiger partial charge in [-0.3, -0.25) is 0 Å². The fourth-order valence-corrected chi connectivity index (χ4v) is 1.76. The number of piperidine rings is 1. The lowest BCUT2D eigenvalue weighted by Gasteiger charge is -2.30. The van der Waals surface area contributed by atoms with Gasteiger partial charge in [-0.1, -0.05) is 6.92 Å². The van der Waals surface area contributed by atoms with Gasteiger partial charge in [0.25, 0.3) is 0 Å². The Kier molecular flexibility index (Phi) is 5.47. The number of nitrogens with zero attached hydrogens (tertiary/aromatic N) is 1. The van der Waals surface area contributed by atoms with E-state index < -0.39 is 0 Å². The molecule has 88 valence electrons. The maximum Gasteiger partial charge on any atom is 0.317 e. The molecule has 2 N–H and O–H groups in total. The molecule has 0 radical (unpaired) electrons. The van der Waals surface area contributed by atoms with E-state index in [4.69, 9.17) is 5.11 Å². The first-order valence-electron chi connectivity index (χ1n) is 5.87. The second-order valence-corrected chi connectivity index (χ2v) is 4.33. The summed E-state index contributed by atoms with van der Waals surface area (Å²) in [5, 5.41) is 11.5. The molecule has 0 aliphatic carbocycles. The van der Waals surface area contributed by atoms with Gasteiger partial charge in [-0.05, 0) is 31.6 Å². The first-order chi connectivity index (χ1) is 7.24. The van der Waals surface area contributed by atoms with Gasteiger partial charge >= 0.3 is 6.03 Å². The van der Waals surface area contributed by atoms with Crippen LogP contribution in [0.15, 0.2) is 0 Å². The van der Waals surface area contributed by atoms with E-state index in [1.54, 1.807) is 0 Å². The Morgan fingerprint density at radius 3 is 2.67 bits per heavy atom. The SMILES string of the molecule is CC1CCN(C(=O)NCCCCO)CC1. The third-order valence-corrected chi connectivity index (χ3v) is 2.93. The summed E-state index contributed by atoms with van der Waals surface area (Å²) in [4.78, 5) is 13.5. The summed E-state index contributed by atoms with van der Waals surface area (Å²) in [6, 6.07) is 0.0554. The molecule has 0 spiro atoms. The molecule has 1 heterocycles. The zero-order valence-corrected chi connectivity index (χ0v) is 9.54. The van der Waals surface area contributed by atoms with Crippen LogP contribution in [0.1, 0.15) is 32.6 Å². The minimum Gasteiger partial charge on any atom is -0.396 e. The minimum atomic E-state index is 0.0554. The van der Waals surface area contributed by atoms with Gasteiger partial charge < -0.3 is 15.3 Å². The number of aliphatic hydroxyl groups excluding tert-OH is 1. The van der Waals surface area contributed by atoms with E-state index in [0.29, 0.717) is 6.54 Å². The van der Waals surface area contributed by atoms with E-state index in [1.165, 1.54) is 0 Å². The number of carbonyl (C=O) groups excluding carboxylic acids is 1. The number of urea groups is 1. The molecule has 4 heteroatoms. The largest absolute Gasteiger partial charge is 0.396 e. The molecule has 2 amide bonds. The smallest absolute Gasteiger partial charge is 0.317 e. The number of nitrogens with one attached hydrogen (secondary N) is 1. The fourth-order valence-electron chi connectivity index (χ4n) is 1.76. The van der Waals surface area contributed by atoms with Gasteiger partial charge in [0, 0.05) is 26.2 Å². The summed E-state index contributed by atoms with van der Waals surface area (Å²) in [5.41, 5.74) is 0. The molecule has 15 heavy (non-hydrogen) atoms. The highest BCUT2D eigenvalue weighted by atomic mass is 16.3. The number of hydrogen-bond donors (Lipinski definition) is 2. The summed E-state index contributed by atoms with van der Waals surface area (Å²) >= 11 is 0. The van der Waals surface area contributed by atoms with Crippen molar-refractivity contribution in [3.63, 3.8) is 0 Å². The minimum absolute atomic E-state index is 0.0554. The second-order valence-electron chi connectivity index (χ2n) is 4.33. The quantitative estimate of drug-likeness (QED) is 0.691. The second kappa shape index (κ2) is 6.67. The van der Waals surface area contributed by atoms with Crippen molar-refractivity contribution in [2.75, 3.05) is 26.2 Å². The van der Waals surface area contributed by atoms with Crippen molar-refractivity contribution in [3.8, 4) is 0 Å². The Hall–Kier alpha value is -0.770. The van der Waals surface area contributed by atoms with Crippen LogP contribution in [0.4, 0.5) is 4.79 Å². The predicted octanol–water partition coefficient (Wildman–Crippen LogP) is 1.20. The molecular weight excluding hydrogens is 192 g/mol. The Morgan fingerprint density at radius 2 is 2.07 bits per heavy atom. The van der Waals surface area contributed by atoms with Gasteiger partial charge in [-0.25, -0.2) is 4.79 Å². The summed E-state index contributed by atoms with van der Waals surface area (Å²) in [6.07, 6.45) is 3.85. The van der Waals surface area contributed by atoms with Crippen LogP contribution in [0.3, 0.4) is 0 Å². The van der Waals surface area contributed by atoms with Crippen LogP contribution in [0.5, 0.6) is 0 Å². The maximum atomic E-state index is 11.6. The van der Waals surface area contributed by atoms with E-state index in [2.05, 4.69) is 12.2 Å². The number of rotatable bonds is 4. The number of aliphatic hydroxyl groups is 1. The summed E-state index contributed by atoms with van der Waals surface area (Å²) < 4.78 is 0. The molecule has 1 rings (SSSR count). The first kappa shape index (κ1) is 12.3. The molecule has 1 saturated heterocycles. The highest BCUT2D eigenvalue weighted by Gasteiger charge is 2.19. The van der Waals surface area contributed by atoms with Gasteiger partial charge in [0.1, 0.15) is 0 Å². The lowest BCUT2D eigenvalue weighted by molar-refractivity contribution is 0.173. The highest BCUT2D eigenvalue weighted by molar-refractivity contribution is 5.74. The average Bonchev–Trinajstić information content (AvgIpc) is 2.25. The van der Waals surface area contributed by atoms with Crippen molar-refractivity contribution in [2.24, 2.45) is 5.92 Å². The zero-order valence-electron chi connectivity index (χ0n) is 9.54. The number of likely N-dealkylation sites (tertiary alicyclic amines) is 1. The third kappa shape index (κ3) is 4.51. The molecule has 1 aliphatic heterocycles. The topological polar surface area (TPSA) is 52.6 Å². The van der Waals surface area contributed by atoms with Crippen LogP contribution < -0.4 is 5.32 Å². The Balaban J connectivity index is 2.11. The van der Waals surface area contributed by atoms with Crippen molar-refractivity contribution in [3.05, 3.63) is 0 Å². The molecule has 0 bridgehead atoms. The lowest BCUT2D eigenvalue weighted by Crippen LogP contribution is -2.44. The number of unbranched alkanes of at least 4 members (excludes halogenated alkanes) is 1. The van der Waals surface area contributed by atoms with Crippen LogP contribution in [-0.4, -0.2) is 42.3 Å². The zero-order chi connectivity index (χ0) is 11.1. The average molecular weight is 214 g/mol. The molecule has 0 aromatic carbocycles. The number of amides is 2. The molecule has 0 aromatic heterocycles. The highest BCUT2D eigenvalue weighted by Crippen LogP contribution is 2.15. The first-order valence-corrected chi connectivity index (χ1v) is 5.87. The molecule has 0 aromatic rings. The van der Waals surface area contributed by atoms with Crippen molar-refractivity contribution >= 4 is 6.03 Å². The number of hydrogen-bond acceptors (Lipinski definition) is 2. The van der Waals surface area contributed by atoms with Crippen LogP contribution in [-0.2, 0) is 0 Å². The van der Waals surface area contributed by atoms with Crippen LogP contribution in [0, 0.1) is 5.92 Å². The van der Waals surface area contributed by atoms with Gasteiger partial charge in [0.15, 0.2) is 0 Å². The van der Waals surface area contributed by atoms with E-state index in [1.807, 2.05) is 4.90 Å². The molecule has 1 fully saturated rings. The number of carbonyl (C=O) groups is 1. The molecule has 0 atom stereocenters. The molecule has 1 aliphatic rings. The van der Waals surface area contributed by atoms with Crippen LogP contribution in [0.2, 0.25) is 0 Å². The van der Waals surface area contributed by atoms with Crippen molar-refractivity contribution < 1.29 is 9.90 Å². The van der Waals surface area contributed by atoms with Gasteiger partial charge in [-0.15, -0.1) is 0 Å². The lowest BCUT2D eigenvalue weighted by atomic mass is 10.00. The van der Waals surface area contributed by atoms with Crippen LogP contribution >= 0.6 is 0 Å². The van der Waals surface area contributed by atoms with Gasteiger partial charge in [0.05, 0.1) is 0 Å². The molecular formula is C11H22N2O2. The standard InChI is InChI=1S/C11H22N2O2/c1-10-4-7-13(8-5-10)11(15)12-6-2-3-9-14/h10,14H,2-9H2,1H3,(H,12,15). The Morgan fingerprint density at radius 1 is 1.40 bits per heavy atom. The van der Waals surface area contributed by atoms with E-state index in [0.717, 1.165) is 44.7 Å². The maximum absolute atomic E-state index is 11.6. The third-order valence-electron chi connectivity index (χ3n) is 2.93. The normalized spacial score (nSPS) is 17.9. The summed E-state index contributed by atoms with van der Waals surface area (Å²) in [6.45, 7) is 4.87. The van der Waals surface area contributed by atoms with Crippen LogP contribution in [0.25, 0.3) is 0 Å². The molecule has 4 nitrogen and oxygen atoms in total. The summed E-state index contributed by atoms with van der Waals surface area (Å²) in [5.74, 6) is 0.753. The summed E-state index contributed by atoms with van der Waals surface area (Å²) in [7, 11) is 0. The molecule has 0 unspecified atom stereocenters.